The number of nitrogens with zero attached hydrogens (tertiary/aromatic N) is 2. The average molecular weight is 331 g/mol. The first-order chi connectivity index (χ1) is 11.2. The van der Waals surface area contributed by atoms with Gasteiger partial charge in [0.15, 0.2) is 11.6 Å². The van der Waals surface area contributed by atoms with Crippen LogP contribution in [0, 0.1) is 6.92 Å². The van der Waals surface area contributed by atoms with Gasteiger partial charge in [0, 0.05) is 6.20 Å². The Morgan fingerprint density at radius 1 is 1.38 bits per heavy atom. The minimum absolute atomic E-state index is 0.343. The maximum atomic E-state index is 12.2. The molecule has 1 amide bonds. The number of aliphatic carboxylic acids is 1. The lowest BCUT2D eigenvalue weighted by atomic mass is 10.1. The van der Waals surface area contributed by atoms with Gasteiger partial charge in [-0.2, -0.15) is 5.10 Å². The molecule has 0 bridgehead atoms. The van der Waals surface area contributed by atoms with Gasteiger partial charge in [0.25, 0.3) is 5.91 Å². The van der Waals surface area contributed by atoms with Crippen LogP contribution >= 0.6 is 0 Å². The largest absolute Gasteiger partial charge is 0.481 e. The van der Waals surface area contributed by atoms with Gasteiger partial charge in [-0.3, -0.25) is 9.48 Å². The van der Waals surface area contributed by atoms with E-state index in [4.69, 9.17) is 4.74 Å². The van der Waals surface area contributed by atoms with E-state index < -0.39 is 17.6 Å². The van der Waals surface area contributed by atoms with Crippen LogP contribution in [0.2, 0.25) is 0 Å². The average Bonchev–Trinajstić information content (AvgIpc) is 2.96. The van der Waals surface area contributed by atoms with Crippen molar-refractivity contribution in [1.29, 1.82) is 0 Å². The van der Waals surface area contributed by atoms with Crippen molar-refractivity contribution in [3.63, 3.8) is 0 Å². The zero-order chi connectivity index (χ0) is 17.9. The van der Waals surface area contributed by atoms with Gasteiger partial charge in [0.05, 0.1) is 11.9 Å². The minimum Gasteiger partial charge on any atom is -0.481 e. The van der Waals surface area contributed by atoms with Gasteiger partial charge in [-0.25, -0.2) is 4.79 Å². The van der Waals surface area contributed by atoms with Crippen LogP contribution < -0.4 is 10.1 Å². The van der Waals surface area contributed by atoms with E-state index in [0.717, 1.165) is 5.56 Å². The molecule has 0 fully saturated rings. The number of amides is 1. The fourth-order valence-corrected chi connectivity index (χ4v) is 1.98. The Balaban J connectivity index is 2.02. The van der Waals surface area contributed by atoms with Gasteiger partial charge in [0.1, 0.15) is 5.75 Å². The molecule has 2 aromatic rings. The molecule has 7 nitrogen and oxygen atoms in total. The third kappa shape index (κ3) is 3.92. The zero-order valence-electron chi connectivity index (χ0n) is 14.1. The van der Waals surface area contributed by atoms with Gasteiger partial charge in [-0.15, -0.1) is 0 Å². The maximum Gasteiger partial charge on any atom is 0.331 e. The minimum atomic E-state index is -1.20. The smallest absolute Gasteiger partial charge is 0.331 e. The summed E-state index contributed by atoms with van der Waals surface area (Å²) in [6, 6.07) is 7.42. The molecule has 24 heavy (non-hydrogen) atoms. The van der Waals surface area contributed by atoms with Crippen molar-refractivity contribution in [2.24, 2.45) is 0 Å². The standard InChI is InChI=1S/C17H21N3O4/c1-11-6-5-7-14(8-11)24-12(2)15(21)19-13-9-18-20(10-13)17(3,4)16(22)23/h5-10,12H,1-4H3,(H,19,21)(H,22,23). The predicted octanol–water partition coefficient (Wildman–Crippen LogP) is 2.42. The van der Waals surface area contributed by atoms with Gasteiger partial charge in [-0.05, 0) is 45.4 Å². The molecule has 128 valence electrons. The van der Waals surface area contributed by atoms with E-state index >= 15 is 0 Å². The van der Waals surface area contributed by atoms with E-state index in [1.807, 2.05) is 25.1 Å². The molecule has 0 saturated heterocycles. The summed E-state index contributed by atoms with van der Waals surface area (Å²) < 4.78 is 6.90. The topological polar surface area (TPSA) is 93.5 Å². The number of nitrogens with one attached hydrogen (secondary N) is 1. The normalized spacial score (nSPS) is 12.5. The fraction of sp³-hybridized carbons (Fsp3) is 0.353. The molecular formula is C17H21N3O4. The van der Waals surface area contributed by atoms with Crippen LogP contribution in [0.25, 0.3) is 0 Å². The molecule has 7 heteroatoms. The van der Waals surface area contributed by atoms with E-state index in [0.29, 0.717) is 11.4 Å². The van der Waals surface area contributed by atoms with Crippen LogP contribution in [0.4, 0.5) is 5.69 Å². The Kier molecular flexibility index (Phi) is 4.92. The number of hydrogen-bond donors (Lipinski definition) is 2. The van der Waals surface area contributed by atoms with E-state index in [2.05, 4.69) is 10.4 Å². The lowest BCUT2D eigenvalue weighted by Crippen LogP contribution is -2.36. The molecule has 0 aliphatic rings. The SMILES string of the molecule is Cc1cccc(OC(C)C(=O)Nc2cnn(C(C)(C)C(=O)O)c2)c1. The second-order valence-corrected chi connectivity index (χ2v) is 6.10. The number of rotatable bonds is 6. The summed E-state index contributed by atoms with van der Waals surface area (Å²) in [4.78, 5) is 23.4. The van der Waals surface area contributed by atoms with Gasteiger partial charge in [0.2, 0.25) is 0 Å². The lowest BCUT2D eigenvalue weighted by Gasteiger charge is -2.19. The summed E-state index contributed by atoms with van der Waals surface area (Å²) in [7, 11) is 0. The lowest BCUT2D eigenvalue weighted by molar-refractivity contribution is -0.146. The fourth-order valence-electron chi connectivity index (χ4n) is 1.98. The van der Waals surface area contributed by atoms with Crippen LogP contribution in [-0.4, -0.2) is 32.9 Å². The molecule has 0 aliphatic heterocycles. The number of carboxylic acids is 1. The highest BCUT2D eigenvalue weighted by Crippen LogP contribution is 2.18. The molecule has 0 saturated carbocycles. The van der Waals surface area contributed by atoms with Crippen molar-refractivity contribution >= 4 is 17.6 Å². The van der Waals surface area contributed by atoms with Crippen LogP contribution in [0.3, 0.4) is 0 Å². The maximum absolute atomic E-state index is 12.2. The summed E-state index contributed by atoms with van der Waals surface area (Å²) >= 11 is 0. The Morgan fingerprint density at radius 3 is 2.71 bits per heavy atom. The molecule has 0 aliphatic carbocycles. The zero-order valence-corrected chi connectivity index (χ0v) is 14.1. The van der Waals surface area contributed by atoms with E-state index in [9.17, 15) is 14.7 Å². The number of carbonyl (C=O) groups is 2. The van der Waals surface area contributed by atoms with Crippen molar-refractivity contribution < 1.29 is 19.4 Å². The molecule has 1 atom stereocenters. The summed E-state index contributed by atoms with van der Waals surface area (Å²) in [5.41, 5.74) is 0.249. The quantitative estimate of drug-likeness (QED) is 0.848. The molecule has 1 aromatic heterocycles. The number of ether oxygens (including phenoxy) is 1. The predicted molar refractivity (Wildman–Crippen MR) is 89.1 cm³/mol. The van der Waals surface area contributed by atoms with E-state index in [1.54, 1.807) is 13.0 Å². The first kappa shape index (κ1) is 17.5. The van der Waals surface area contributed by atoms with Gasteiger partial charge >= 0.3 is 5.97 Å². The summed E-state index contributed by atoms with van der Waals surface area (Å²) in [6.07, 6.45) is 2.18. The highest BCUT2D eigenvalue weighted by Gasteiger charge is 2.30. The first-order valence-electron chi connectivity index (χ1n) is 7.53. The number of carbonyl (C=O) groups excluding carboxylic acids is 1. The van der Waals surface area contributed by atoms with Crippen molar-refractivity contribution in [2.75, 3.05) is 5.32 Å². The molecule has 1 heterocycles. The molecule has 1 aromatic carbocycles. The van der Waals surface area contributed by atoms with Gasteiger partial charge in [-0.1, -0.05) is 12.1 Å². The number of benzene rings is 1. The second-order valence-electron chi connectivity index (χ2n) is 6.10. The molecule has 0 radical (unpaired) electrons. The summed E-state index contributed by atoms with van der Waals surface area (Å²) in [6.45, 7) is 6.63. The molecule has 1 unspecified atom stereocenters. The van der Waals surface area contributed by atoms with E-state index in [1.165, 1.54) is 30.9 Å². The Labute approximate surface area is 140 Å². The highest BCUT2D eigenvalue weighted by atomic mass is 16.5. The number of aromatic nitrogens is 2. The number of carboxylic acid groups (broad SMARTS) is 1. The van der Waals surface area contributed by atoms with Crippen LogP contribution in [0.1, 0.15) is 26.3 Å². The Bertz CT molecular complexity index is 752. The molecule has 2 rings (SSSR count). The van der Waals surface area contributed by atoms with Crippen LogP contribution in [0.15, 0.2) is 36.7 Å². The number of hydrogen-bond acceptors (Lipinski definition) is 4. The molecule has 2 N–H and O–H groups in total. The van der Waals surface area contributed by atoms with E-state index in [-0.39, 0.29) is 5.91 Å². The van der Waals surface area contributed by atoms with Crippen molar-refractivity contribution in [3.8, 4) is 5.75 Å². The molecular weight excluding hydrogens is 310 g/mol. The van der Waals surface area contributed by atoms with Crippen molar-refractivity contribution in [2.45, 2.75) is 39.3 Å². The third-order valence-electron chi connectivity index (χ3n) is 3.62. The Hall–Kier alpha value is -2.83. The van der Waals surface area contributed by atoms with Crippen LogP contribution in [0.5, 0.6) is 5.75 Å². The van der Waals surface area contributed by atoms with Crippen molar-refractivity contribution in [3.05, 3.63) is 42.2 Å². The third-order valence-corrected chi connectivity index (χ3v) is 3.62. The first-order valence-corrected chi connectivity index (χ1v) is 7.53. The summed E-state index contributed by atoms with van der Waals surface area (Å²) in [5.74, 6) is -0.746. The Morgan fingerprint density at radius 2 is 2.08 bits per heavy atom. The number of anilines is 1. The monoisotopic (exact) mass is 331 g/mol. The number of aryl methyl sites for hydroxylation is 1. The van der Waals surface area contributed by atoms with Crippen LogP contribution in [-0.2, 0) is 15.1 Å². The van der Waals surface area contributed by atoms with Crippen molar-refractivity contribution in [1.82, 2.24) is 9.78 Å². The summed E-state index contributed by atoms with van der Waals surface area (Å²) in [5, 5.41) is 15.9. The highest BCUT2D eigenvalue weighted by molar-refractivity contribution is 5.93. The van der Waals surface area contributed by atoms with Gasteiger partial charge < -0.3 is 15.2 Å². The molecule has 0 spiro atoms. The second kappa shape index (κ2) is 6.74.